The molecule has 18 heavy (non-hydrogen) atoms. The second-order valence-electron chi connectivity index (χ2n) is 5.68. The molecule has 1 heterocycles. The van der Waals surface area contributed by atoms with Crippen LogP contribution in [0.1, 0.15) is 26.7 Å². The Kier molecular flexibility index (Phi) is 2.33. The van der Waals surface area contributed by atoms with E-state index in [1.165, 1.54) is 0 Å². The summed E-state index contributed by atoms with van der Waals surface area (Å²) in [6.45, 7) is 7.81. The molecule has 1 fully saturated rings. The van der Waals surface area contributed by atoms with Gasteiger partial charge >= 0.3 is 5.97 Å². The average molecular weight is 246 g/mol. The second kappa shape index (κ2) is 3.58. The molecule has 3 aliphatic rings. The van der Waals surface area contributed by atoms with Gasteiger partial charge in [0.05, 0.1) is 11.5 Å². The van der Waals surface area contributed by atoms with Crippen molar-refractivity contribution >= 4 is 5.97 Å². The van der Waals surface area contributed by atoms with Gasteiger partial charge in [-0.1, -0.05) is 24.3 Å². The predicted molar refractivity (Wildman–Crippen MR) is 67.7 cm³/mol. The summed E-state index contributed by atoms with van der Waals surface area (Å²) in [4.78, 5) is 11.7. The third-order valence-electron chi connectivity index (χ3n) is 4.78. The molecule has 3 rings (SSSR count). The number of carbonyl (C=O) groups is 1. The smallest absolute Gasteiger partial charge is 0.334 e. The van der Waals surface area contributed by atoms with Crippen LogP contribution in [-0.4, -0.2) is 22.8 Å². The zero-order valence-corrected chi connectivity index (χ0v) is 10.8. The third kappa shape index (κ3) is 1.31. The fourth-order valence-electron chi connectivity index (χ4n) is 3.57. The zero-order chi connectivity index (χ0) is 13.1. The van der Waals surface area contributed by atoms with Crippen molar-refractivity contribution in [3.8, 4) is 0 Å². The molecule has 3 nitrogen and oxygen atoms in total. The van der Waals surface area contributed by atoms with Crippen LogP contribution >= 0.6 is 0 Å². The summed E-state index contributed by atoms with van der Waals surface area (Å²) < 4.78 is 5.48. The minimum Gasteiger partial charge on any atom is -0.458 e. The molecule has 0 amide bonds. The molecule has 0 unspecified atom stereocenters. The van der Waals surface area contributed by atoms with Gasteiger partial charge in [0, 0.05) is 11.5 Å². The molecule has 0 aromatic heterocycles. The van der Waals surface area contributed by atoms with Crippen LogP contribution < -0.4 is 0 Å². The van der Waals surface area contributed by atoms with Crippen molar-refractivity contribution in [3.05, 3.63) is 35.5 Å². The Morgan fingerprint density at radius 3 is 2.89 bits per heavy atom. The number of rotatable bonds is 0. The molecule has 0 aromatic carbocycles. The lowest BCUT2D eigenvalue weighted by atomic mass is 9.76. The number of hydrogen-bond donors (Lipinski definition) is 1. The van der Waals surface area contributed by atoms with Crippen molar-refractivity contribution < 1.29 is 14.6 Å². The van der Waals surface area contributed by atoms with E-state index < -0.39 is 5.60 Å². The Labute approximate surface area is 107 Å². The van der Waals surface area contributed by atoms with Crippen LogP contribution in [0, 0.1) is 11.8 Å². The van der Waals surface area contributed by atoms with Crippen LogP contribution in [0.2, 0.25) is 0 Å². The topological polar surface area (TPSA) is 46.5 Å². The number of fused-ring (bicyclic) bond motifs is 3. The van der Waals surface area contributed by atoms with Gasteiger partial charge in [-0.25, -0.2) is 4.79 Å². The number of aliphatic hydroxyl groups is 1. The minimum atomic E-state index is -0.881. The van der Waals surface area contributed by atoms with E-state index in [0.717, 1.165) is 17.6 Å². The summed E-state index contributed by atoms with van der Waals surface area (Å²) in [6, 6.07) is 0. The van der Waals surface area contributed by atoms with Gasteiger partial charge in [0.25, 0.3) is 0 Å². The average Bonchev–Trinajstić information content (AvgIpc) is 2.73. The van der Waals surface area contributed by atoms with E-state index in [4.69, 9.17) is 4.74 Å². The van der Waals surface area contributed by atoms with Crippen LogP contribution in [0.15, 0.2) is 35.5 Å². The summed E-state index contributed by atoms with van der Waals surface area (Å²) >= 11 is 0. The van der Waals surface area contributed by atoms with E-state index in [0.29, 0.717) is 12.0 Å². The summed E-state index contributed by atoms with van der Waals surface area (Å²) in [5, 5.41) is 10.9. The molecular weight excluding hydrogens is 228 g/mol. The molecular formula is C15H18O3. The lowest BCUT2D eigenvalue weighted by molar-refractivity contribution is -0.143. The molecule has 4 atom stereocenters. The van der Waals surface area contributed by atoms with E-state index in [2.05, 4.69) is 12.7 Å². The van der Waals surface area contributed by atoms with Crippen molar-refractivity contribution in [1.82, 2.24) is 0 Å². The van der Waals surface area contributed by atoms with Crippen molar-refractivity contribution in [1.29, 1.82) is 0 Å². The number of carbonyl (C=O) groups excluding carboxylic acids is 1. The van der Waals surface area contributed by atoms with Crippen LogP contribution in [0.25, 0.3) is 0 Å². The highest BCUT2D eigenvalue weighted by molar-refractivity contribution is 5.91. The van der Waals surface area contributed by atoms with E-state index in [-0.39, 0.29) is 23.9 Å². The maximum Gasteiger partial charge on any atom is 0.334 e. The summed E-state index contributed by atoms with van der Waals surface area (Å²) in [7, 11) is 0. The number of ether oxygens (including phenoxy) is 1. The quantitative estimate of drug-likeness (QED) is 0.404. The predicted octanol–water partition coefficient (Wildman–Crippen LogP) is 2.13. The Hall–Kier alpha value is -1.35. The fraction of sp³-hybridized carbons (Fsp3) is 0.533. The van der Waals surface area contributed by atoms with Crippen molar-refractivity contribution in [2.24, 2.45) is 11.8 Å². The largest absolute Gasteiger partial charge is 0.458 e. The lowest BCUT2D eigenvalue weighted by Crippen LogP contribution is -2.43. The zero-order valence-electron chi connectivity index (χ0n) is 10.8. The Balaban J connectivity index is 2.09. The first kappa shape index (κ1) is 11.7. The van der Waals surface area contributed by atoms with Crippen molar-refractivity contribution in [3.63, 3.8) is 0 Å². The van der Waals surface area contributed by atoms with Crippen molar-refractivity contribution in [2.75, 3.05) is 0 Å². The highest BCUT2D eigenvalue weighted by Crippen LogP contribution is 2.50. The van der Waals surface area contributed by atoms with E-state index in [9.17, 15) is 9.90 Å². The van der Waals surface area contributed by atoms with Gasteiger partial charge in [-0.2, -0.15) is 0 Å². The molecule has 1 saturated heterocycles. The van der Waals surface area contributed by atoms with Gasteiger partial charge in [-0.3, -0.25) is 0 Å². The second-order valence-corrected chi connectivity index (χ2v) is 5.68. The van der Waals surface area contributed by atoms with Crippen LogP contribution in [0.5, 0.6) is 0 Å². The molecule has 96 valence electrons. The Morgan fingerprint density at radius 2 is 2.17 bits per heavy atom. The number of hydrogen-bond acceptors (Lipinski definition) is 3. The lowest BCUT2D eigenvalue weighted by Gasteiger charge is -2.35. The van der Waals surface area contributed by atoms with E-state index in [1.54, 1.807) is 0 Å². The molecule has 0 bridgehead atoms. The van der Waals surface area contributed by atoms with Gasteiger partial charge in [-0.05, 0) is 32.3 Å². The first-order valence-electron chi connectivity index (χ1n) is 6.41. The van der Waals surface area contributed by atoms with Gasteiger partial charge < -0.3 is 9.84 Å². The van der Waals surface area contributed by atoms with Gasteiger partial charge in [-0.15, -0.1) is 0 Å². The van der Waals surface area contributed by atoms with E-state index in [1.807, 2.05) is 19.9 Å². The fourth-order valence-corrected chi connectivity index (χ4v) is 3.57. The standard InChI is InChI=1S/C15H18O3/c1-8-6-7-15(17)9(2)4-5-11-10(3)14(16)18-13(11)12(8)15/h4,6,11-13,17H,3,5,7H2,1-2H3/t11-,12+,13+,15+/m0/s1. The summed E-state index contributed by atoms with van der Waals surface area (Å²) in [6.07, 6.45) is 5.17. The number of allylic oxidation sites excluding steroid dienone is 1. The highest BCUT2D eigenvalue weighted by atomic mass is 16.6. The Morgan fingerprint density at radius 1 is 1.44 bits per heavy atom. The van der Waals surface area contributed by atoms with Crippen LogP contribution in [-0.2, 0) is 9.53 Å². The maximum atomic E-state index is 11.7. The van der Waals surface area contributed by atoms with E-state index >= 15 is 0 Å². The highest BCUT2D eigenvalue weighted by Gasteiger charge is 2.55. The van der Waals surface area contributed by atoms with Gasteiger partial charge in [0.1, 0.15) is 6.10 Å². The monoisotopic (exact) mass is 246 g/mol. The number of esters is 1. The van der Waals surface area contributed by atoms with Crippen LogP contribution in [0.4, 0.5) is 0 Å². The Bertz CT molecular complexity index is 500. The summed E-state index contributed by atoms with van der Waals surface area (Å²) in [5.41, 5.74) is 1.77. The van der Waals surface area contributed by atoms with Gasteiger partial charge in [0.15, 0.2) is 0 Å². The maximum absolute atomic E-state index is 11.7. The molecule has 3 heteroatoms. The first-order chi connectivity index (χ1) is 8.45. The molecule has 0 saturated carbocycles. The molecule has 0 radical (unpaired) electrons. The first-order valence-corrected chi connectivity index (χ1v) is 6.41. The molecule has 0 aromatic rings. The molecule has 1 N–H and O–H groups in total. The van der Waals surface area contributed by atoms with Crippen LogP contribution in [0.3, 0.4) is 0 Å². The molecule has 0 spiro atoms. The molecule has 2 aliphatic carbocycles. The third-order valence-corrected chi connectivity index (χ3v) is 4.78. The van der Waals surface area contributed by atoms with Gasteiger partial charge in [0.2, 0.25) is 0 Å². The minimum absolute atomic E-state index is 0.00734. The molecule has 1 aliphatic heterocycles. The normalized spacial score (nSPS) is 42.7. The van der Waals surface area contributed by atoms with Crippen molar-refractivity contribution in [2.45, 2.75) is 38.4 Å². The summed E-state index contributed by atoms with van der Waals surface area (Å²) in [5.74, 6) is -0.419. The SMILES string of the molecule is C=C1C(=O)O[C@H]2[C@H]3C(C)=CC[C@@]3(O)C(C)=CC[C@@H]12.